The number of carbonyl (C=O) groups excluding carboxylic acids is 2. The van der Waals surface area contributed by atoms with Gasteiger partial charge in [-0.25, -0.2) is 4.79 Å². The maximum Gasteiger partial charge on any atom is 0.331 e. The lowest BCUT2D eigenvalue weighted by molar-refractivity contribution is -0.144. The van der Waals surface area contributed by atoms with Crippen molar-refractivity contribution in [3.05, 3.63) is 35.9 Å². The molecule has 26 heavy (non-hydrogen) atoms. The van der Waals surface area contributed by atoms with Gasteiger partial charge >= 0.3 is 5.97 Å². The molecule has 5 nitrogen and oxygen atoms in total. The topological polar surface area (TPSA) is 64.6 Å². The molecule has 0 aliphatic rings. The highest BCUT2D eigenvalue weighted by atomic mass is 16.5. The van der Waals surface area contributed by atoms with Gasteiger partial charge in [0.15, 0.2) is 6.61 Å². The maximum absolute atomic E-state index is 12.0. The zero-order chi connectivity index (χ0) is 19.8. The molecule has 1 aromatic carbocycles. The number of esters is 1. The monoisotopic (exact) mass is 361 g/mol. The average molecular weight is 361 g/mol. The molecule has 1 aromatic rings. The summed E-state index contributed by atoms with van der Waals surface area (Å²) in [4.78, 5) is 23.9. The number of para-hydroxylation sites is 1. The van der Waals surface area contributed by atoms with Gasteiger partial charge in [-0.2, -0.15) is 0 Å². The van der Waals surface area contributed by atoms with Gasteiger partial charge in [-0.3, -0.25) is 4.79 Å². The Labute approximate surface area is 156 Å². The molecule has 0 radical (unpaired) electrons. The van der Waals surface area contributed by atoms with Crippen molar-refractivity contribution in [1.29, 1.82) is 0 Å². The van der Waals surface area contributed by atoms with Crippen LogP contribution in [0.1, 0.15) is 53.5 Å². The Balaban J connectivity index is 2.53. The van der Waals surface area contributed by atoms with E-state index in [1.165, 1.54) is 6.08 Å². The molecule has 5 heteroatoms. The number of rotatable bonds is 8. The number of nitrogens with one attached hydrogen (secondary N) is 1. The molecule has 1 amide bonds. The van der Waals surface area contributed by atoms with Gasteiger partial charge in [0.1, 0.15) is 5.75 Å². The lowest BCUT2D eigenvalue weighted by Crippen LogP contribution is -2.47. The van der Waals surface area contributed by atoms with Gasteiger partial charge in [0, 0.05) is 17.2 Å². The minimum atomic E-state index is -0.569. The fraction of sp³-hybridized carbons (Fsp3) is 0.524. The van der Waals surface area contributed by atoms with E-state index in [1.54, 1.807) is 6.08 Å². The number of carbonyl (C=O) groups is 2. The summed E-state index contributed by atoms with van der Waals surface area (Å²) in [6.07, 6.45) is 3.73. The Hall–Kier alpha value is -2.30. The first-order valence-electron chi connectivity index (χ1n) is 8.90. The van der Waals surface area contributed by atoms with Crippen LogP contribution in [0.3, 0.4) is 0 Å². The van der Waals surface area contributed by atoms with E-state index in [1.807, 2.05) is 45.0 Å². The van der Waals surface area contributed by atoms with E-state index < -0.39 is 5.97 Å². The highest BCUT2D eigenvalue weighted by Crippen LogP contribution is 2.26. The van der Waals surface area contributed by atoms with Crippen molar-refractivity contribution in [3.63, 3.8) is 0 Å². The second-order valence-corrected chi connectivity index (χ2v) is 8.08. The zero-order valence-electron chi connectivity index (χ0n) is 16.7. The SMILES string of the molecule is CCOc1ccccc1/C=C/C(=O)OCC(=O)NC(C)(C)CC(C)(C)C. The molecular weight excluding hydrogens is 330 g/mol. The summed E-state index contributed by atoms with van der Waals surface area (Å²) >= 11 is 0. The smallest absolute Gasteiger partial charge is 0.331 e. The molecule has 1 rings (SSSR count). The lowest BCUT2D eigenvalue weighted by atomic mass is 9.82. The first kappa shape index (κ1) is 21.7. The van der Waals surface area contributed by atoms with Crippen molar-refractivity contribution in [2.45, 2.75) is 53.5 Å². The normalized spacial score (nSPS) is 12.1. The highest BCUT2D eigenvalue weighted by Gasteiger charge is 2.27. The molecule has 0 aliphatic heterocycles. The predicted molar refractivity (Wildman–Crippen MR) is 104 cm³/mol. The van der Waals surface area contributed by atoms with Gasteiger partial charge in [0.05, 0.1) is 6.61 Å². The van der Waals surface area contributed by atoms with Crippen molar-refractivity contribution in [1.82, 2.24) is 5.32 Å². The van der Waals surface area contributed by atoms with Crippen molar-refractivity contribution in [3.8, 4) is 5.75 Å². The van der Waals surface area contributed by atoms with Crippen LogP contribution in [-0.2, 0) is 14.3 Å². The van der Waals surface area contributed by atoms with Gasteiger partial charge in [0.25, 0.3) is 5.91 Å². The first-order valence-corrected chi connectivity index (χ1v) is 8.90. The van der Waals surface area contributed by atoms with Crippen LogP contribution in [0.5, 0.6) is 5.75 Å². The summed E-state index contributed by atoms with van der Waals surface area (Å²) in [7, 11) is 0. The largest absolute Gasteiger partial charge is 0.493 e. The zero-order valence-corrected chi connectivity index (χ0v) is 16.7. The summed E-state index contributed by atoms with van der Waals surface area (Å²) in [6.45, 7) is 12.4. The van der Waals surface area contributed by atoms with Crippen LogP contribution >= 0.6 is 0 Å². The van der Waals surface area contributed by atoms with Gasteiger partial charge in [-0.05, 0) is 44.7 Å². The van der Waals surface area contributed by atoms with Crippen molar-refractivity contribution >= 4 is 18.0 Å². The van der Waals surface area contributed by atoms with E-state index in [0.717, 1.165) is 12.0 Å². The molecule has 0 atom stereocenters. The summed E-state index contributed by atoms with van der Waals surface area (Å²) < 4.78 is 10.5. The third-order valence-electron chi connectivity index (χ3n) is 3.41. The van der Waals surface area contributed by atoms with Crippen LogP contribution < -0.4 is 10.1 Å². The van der Waals surface area contributed by atoms with Crippen molar-refractivity contribution in [2.24, 2.45) is 5.41 Å². The second-order valence-electron chi connectivity index (χ2n) is 8.08. The number of benzene rings is 1. The molecule has 0 saturated heterocycles. The average Bonchev–Trinajstić information content (AvgIpc) is 2.49. The standard InChI is InChI=1S/C21H31NO4/c1-7-25-17-11-9-8-10-16(17)12-13-19(24)26-14-18(23)22-21(5,6)15-20(2,3)4/h8-13H,7,14-15H2,1-6H3,(H,22,23)/b13-12+. The molecule has 0 aromatic heterocycles. The summed E-state index contributed by atoms with van der Waals surface area (Å²) in [5, 5.41) is 2.91. The Bertz CT molecular complexity index is 642. The molecule has 0 saturated carbocycles. The van der Waals surface area contributed by atoms with Gasteiger partial charge in [-0.1, -0.05) is 39.0 Å². The molecule has 0 fully saturated rings. The van der Waals surface area contributed by atoms with E-state index in [-0.39, 0.29) is 23.5 Å². The highest BCUT2D eigenvalue weighted by molar-refractivity contribution is 5.89. The minimum Gasteiger partial charge on any atom is -0.493 e. The van der Waals surface area contributed by atoms with E-state index in [0.29, 0.717) is 12.4 Å². The Morgan fingerprint density at radius 1 is 1.12 bits per heavy atom. The predicted octanol–water partition coefficient (Wildman–Crippen LogP) is 3.97. The molecule has 0 unspecified atom stereocenters. The number of amides is 1. The van der Waals surface area contributed by atoms with Crippen LogP contribution in [0.25, 0.3) is 6.08 Å². The second kappa shape index (κ2) is 9.41. The molecular formula is C21H31NO4. The fourth-order valence-corrected chi connectivity index (χ4v) is 3.03. The van der Waals surface area contributed by atoms with E-state index in [2.05, 4.69) is 26.1 Å². The summed E-state index contributed by atoms with van der Waals surface area (Å²) in [6, 6.07) is 7.40. The molecule has 0 aliphatic carbocycles. The van der Waals surface area contributed by atoms with Gasteiger partial charge < -0.3 is 14.8 Å². The summed E-state index contributed by atoms with van der Waals surface area (Å²) in [5.74, 6) is -0.184. The van der Waals surface area contributed by atoms with E-state index in [9.17, 15) is 9.59 Å². The fourth-order valence-electron chi connectivity index (χ4n) is 3.03. The first-order chi connectivity index (χ1) is 12.0. The molecule has 0 spiro atoms. The van der Waals surface area contributed by atoms with Gasteiger partial charge in [0.2, 0.25) is 0 Å². The third-order valence-corrected chi connectivity index (χ3v) is 3.41. The van der Waals surface area contributed by atoms with Crippen LogP contribution in [-0.4, -0.2) is 30.6 Å². The Kier molecular flexibility index (Phi) is 7.87. The molecule has 0 heterocycles. The van der Waals surface area contributed by atoms with E-state index in [4.69, 9.17) is 9.47 Å². The lowest BCUT2D eigenvalue weighted by Gasteiger charge is -2.33. The van der Waals surface area contributed by atoms with Crippen molar-refractivity contribution in [2.75, 3.05) is 13.2 Å². The number of hydrogen-bond acceptors (Lipinski definition) is 4. The Morgan fingerprint density at radius 2 is 1.77 bits per heavy atom. The minimum absolute atomic E-state index is 0.0874. The number of hydrogen-bond donors (Lipinski definition) is 1. The molecule has 1 N–H and O–H groups in total. The van der Waals surface area contributed by atoms with Crippen LogP contribution in [0.15, 0.2) is 30.3 Å². The van der Waals surface area contributed by atoms with Crippen LogP contribution in [0.4, 0.5) is 0 Å². The van der Waals surface area contributed by atoms with Crippen LogP contribution in [0.2, 0.25) is 0 Å². The molecule has 0 bridgehead atoms. The molecule has 144 valence electrons. The van der Waals surface area contributed by atoms with Crippen molar-refractivity contribution < 1.29 is 19.1 Å². The number of ether oxygens (including phenoxy) is 2. The summed E-state index contributed by atoms with van der Waals surface area (Å²) in [5.41, 5.74) is 0.500. The maximum atomic E-state index is 12.0. The quantitative estimate of drug-likeness (QED) is 0.562. The van der Waals surface area contributed by atoms with E-state index >= 15 is 0 Å². The van der Waals surface area contributed by atoms with Crippen LogP contribution in [0, 0.1) is 5.41 Å². The van der Waals surface area contributed by atoms with Gasteiger partial charge in [-0.15, -0.1) is 0 Å². The third kappa shape index (κ3) is 8.70. The Morgan fingerprint density at radius 3 is 2.38 bits per heavy atom.